The Morgan fingerprint density at radius 2 is 1.90 bits per heavy atom. The van der Waals surface area contributed by atoms with Gasteiger partial charge in [-0.2, -0.15) is 0 Å². The van der Waals surface area contributed by atoms with Crippen LogP contribution >= 0.6 is 11.6 Å². The van der Waals surface area contributed by atoms with E-state index in [4.69, 9.17) is 16.3 Å². The summed E-state index contributed by atoms with van der Waals surface area (Å²) in [5.74, 6) is 0.585. The fourth-order valence-corrected chi connectivity index (χ4v) is 4.60. The molecule has 1 aliphatic carbocycles. The average molecular weight is 423 g/mol. The fourth-order valence-electron chi connectivity index (χ4n) is 4.40. The first kappa shape index (κ1) is 20.7. The van der Waals surface area contributed by atoms with Crippen LogP contribution in [0.3, 0.4) is 0 Å². The van der Waals surface area contributed by atoms with Gasteiger partial charge in [-0.1, -0.05) is 61.2 Å². The maximum Gasteiger partial charge on any atom is 0.258 e. The number of benzene rings is 2. The summed E-state index contributed by atoms with van der Waals surface area (Å²) in [5, 5.41) is 1.51. The minimum Gasteiger partial charge on any atom is -0.496 e. The van der Waals surface area contributed by atoms with Gasteiger partial charge in [0.1, 0.15) is 10.9 Å². The van der Waals surface area contributed by atoms with Crippen molar-refractivity contribution >= 4 is 28.4 Å². The maximum atomic E-state index is 13.6. The number of hydrogen-bond acceptors (Lipinski definition) is 3. The zero-order chi connectivity index (χ0) is 21.1. The van der Waals surface area contributed by atoms with Crippen molar-refractivity contribution in [2.24, 2.45) is 0 Å². The summed E-state index contributed by atoms with van der Waals surface area (Å²) in [4.78, 5) is 20.3. The van der Waals surface area contributed by atoms with Crippen LogP contribution in [-0.4, -0.2) is 28.9 Å². The van der Waals surface area contributed by atoms with Crippen LogP contribution in [0.2, 0.25) is 5.15 Å². The highest BCUT2D eigenvalue weighted by atomic mass is 35.5. The molecule has 0 saturated heterocycles. The number of para-hydroxylation sites is 2. The molecule has 4 nitrogen and oxygen atoms in total. The van der Waals surface area contributed by atoms with Crippen LogP contribution in [-0.2, 0) is 6.54 Å². The summed E-state index contributed by atoms with van der Waals surface area (Å²) in [6.07, 6.45) is 5.54. The third-order valence-electron chi connectivity index (χ3n) is 6.03. The fraction of sp³-hybridized carbons (Fsp3) is 0.360. The molecule has 0 bridgehead atoms. The van der Waals surface area contributed by atoms with Crippen molar-refractivity contribution in [3.8, 4) is 5.75 Å². The molecule has 1 saturated carbocycles. The minimum atomic E-state index is -0.0141. The first-order valence-electron chi connectivity index (χ1n) is 10.6. The van der Waals surface area contributed by atoms with Gasteiger partial charge in [-0.05, 0) is 43.5 Å². The number of fused-ring (bicyclic) bond motifs is 1. The second-order valence-electron chi connectivity index (χ2n) is 8.01. The SMILES string of the molecule is COc1ccccc1C(=O)N(Cc1cc2cccc(C)c2nc1Cl)C1CCCCC1. The van der Waals surface area contributed by atoms with E-state index in [9.17, 15) is 4.79 Å². The Balaban J connectivity index is 1.72. The normalized spacial score (nSPS) is 14.6. The molecule has 0 spiro atoms. The Morgan fingerprint density at radius 3 is 2.67 bits per heavy atom. The number of methoxy groups -OCH3 is 1. The van der Waals surface area contributed by atoms with Crippen molar-refractivity contribution in [2.45, 2.75) is 51.6 Å². The van der Waals surface area contributed by atoms with Crippen LogP contribution in [0, 0.1) is 6.92 Å². The topological polar surface area (TPSA) is 42.4 Å². The highest BCUT2D eigenvalue weighted by Gasteiger charge is 2.29. The summed E-state index contributed by atoms with van der Waals surface area (Å²) in [6, 6.07) is 15.8. The van der Waals surface area contributed by atoms with E-state index in [1.54, 1.807) is 7.11 Å². The van der Waals surface area contributed by atoms with Crippen LogP contribution < -0.4 is 4.74 Å². The second-order valence-corrected chi connectivity index (χ2v) is 8.37. The number of rotatable bonds is 5. The number of amides is 1. The zero-order valence-electron chi connectivity index (χ0n) is 17.5. The molecule has 4 rings (SSSR count). The molecule has 1 fully saturated rings. The Morgan fingerprint density at radius 1 is 1.13 bits per heavy atom. The van der Waals surface area contributed by atoms with Gasteiger partial charge < -0.3 is 9.64 Å². The van der Waals surface area contributed by atoms with Gasteiger partial charge in [0, 0.05) is 23.5 Å². The first-order valence-corrected chi connectivity index (χ1v) is 10.9. The molecule has 1 amide bonds. The molecule has 0 aliphatic heterocycles. The quantitative estimate of drug-likeness (QED) is 0.461. The van der Waals surface area contributed by atoms with Gasteiger partial charge >= 0.3 is 0 Å². The van der Waals surface area contributed by atoms with Gasteiger partial charge in [0.15, 0.2) is 0 Å². The lowest BCUT2D eigenvalue weighted by molar-refractivity contribution is 0.0611. The number of nitrogens with zero attached hydrogens (tertiary/aromatic N) is 2. The molecule has 0 atom stereocenters. The van der Waals surface area contributed by atoms with E-state index >= 15 is 0 Å². The molecule has 1 heterocycles. The lowest BCUT2D eigenvalue weighted by Crippen LogP contribution is -2.41. The largest absolute Gasteiger partial charge is 0.496 e. The van der Waals surface area contributed by atoms with Crippen LogP contribution in [0.1, 0.15) is 53.6 Å². The second kappa shape index (κ2) is 9.05. The summed E-state index contributed by atoms with van der Waals surface area (Å²) in [6.45, 7) is 2.47. The summed E-state index contributed by atoms with van der Waals surface area (Å²) >= 11 is 6.59. The number of carbonyl (C=O) groups excluding carboxylic acids is 1. The standard InChI is InChI=1S/C25H27ClN2O2/c1-17-9-8-10-18-15-19(24(26)27-23(17)18)16-28(20-11-4-3-5-12-20)25(29)21-13-6-7-14-22(21)30-2/h6-10,13-15,20H,3-5,11-12,16H2,1-2H3. The number of pyridine rings is 1. The number of halogens is 1. The van der Waals surface area contributed by atoms with E-state index in [1.807, 2.05) is 54.3 Å². The van der Waals surface area contributed by atoms with Crippen molar-refractivity contribution in [1.29, 1.82) is 0 Å². The van der Waals surface area contributed by atoms with Crippen LogP contribution in [0.5, 0.6) is 5.75 Å². The lowest BCUT2D eigenvalue weighted by atomic mass is 9.93. The van der Waals surface area contributed by atoms with Gasteiger partial charge in [0.2, 0.25) is 0 Å². The molecule has 30 heavy (non-hydrogen) atoms. The number of hydrogen-bond donors (Lipinski definition) is 0. The summed E-state index contributed by atoms with van der Waals surface area (Å²) < 4.78 is 5.46. The molecular formula is C25H27ClN2O2. The zero-order valence-corrected chi connectivity index (χ0v) is 18.3. The van der Waals surface area contributed by atoms with E-state index in [0.717, 1.165) is 47.7 Å². The molecule has 1 aliphatic rings. The molecule has 156 valence electrons. The van der Waals surface area contributed by atoms with Crippen molar-refractivity contribution in [2.75, 3.05) is 7.11 Å². The molecule has 0 unspecified atom stereocenters. The molecule has 0 N–H and O–H groups in total. The van der Waals surface area contributed by atoms with Crippen molar-refractivity contribution in [1.82, 2.24) is 9.88 Å². The molecule has 0 radical (unpaired) electrons. The number of ether oxygens (including phenoxy) is 1. The molecule has 5 heteroatoms. The number of aromatic nitrogens is 1. The predicted molar refractivity (Wildman–Crippen MR) is 121 cm³/mol. The van der Waals surface area contributed by atoms with Gasteiger partial charge in [-0.3, -0.25) is 4.79 Å². The molecule has 1 aromatic heterocycles. The van der Waals surface area contributed by atoms with Crippen LogP contribution in [0.4, 0.5) is 0 Å². The maximum absolute atomic E-state index is 13.6. The number of aryl methyl sites for hydroxylation is 1. The smallest absolute Gasteiger partial charge is 0.258 e. The highest BCUT2D eigenvalue weighted by Crippen LogP contribution is 2.30. The lowest BCUT2D eigenvalue weighted by Gasteiger charge is -2.35. The number of carbonyl (C=O) groups is 1. The van der Waals surface area contributed by atoms with Gasteiger partial charge in [-0.15, -0.1) is 0 Å². The van der Waals surface area contributed by atoms with E-state index < -0.39 is 0 Å². The Kier molecular flexibility index (Phi) is 6.24. The van der Waals surface area contributed by atoms with Crippen LogP contribution in [0.25, 0.3) is 10.9 Å². The third-order valence-corrected chi connectivity index (χ3v) is 6.36. The molecule has 2 aromatic carbocycles. The van der Waals surface area contributed by atoms with Crippen LogP contribution in [0.15, 0.2) is 48.5 Å². The Bertz CT molecular complexity index is 1060. The highest BCUT2D eigenvalue weighted by molar-refractivity contribution is 6.30. The minimum absolute atomic E-state index is 0.0141. The van der Waals surface area contributed by atoms with Crippen molar-refractivity contribution in [3.63, 3.8) is 0 Å². The predicted octanol–water partition coefficient (Wildman–Crippen LogP) is 6.18. The van der Waals surface area contributed by atoms with Crippen molar-refractivity contribution in [3.05, 3.63) is 70.4 Å². The third kappa shape index (κ3) is 4.15. The molecular weight excluding hydrogens is 396 g/mol. The van der Waals surface area contributed by atoms with Crippen molar-refractivity contribution < 1.29 is 9.53 Å². The van der Waals surface area contributed by atoms with E-state index in [1.165, 1.54) is 6.42 Å². The summed E-state index contributed by atoms with van der Waals surface area (Å²) in [5.41, 5.74) is 3.47. The Hall–Kier alpha value is -2.59. The Labute approximate surface area is 182 Å². The molecule has 3 aromatic rings. The summed E-state index contributed by atoms with van der Waals surface area (Å²) in [7, 11) is 1.60. The van der Waals surface area contributed by atoms with Gasteiger partial charge in [-0.25, -0.2) is 4.98 Å². The van der Waals surface area contributed by atoms with E-state index in [2.05, 4.69) is 11.1 Å². The van der Waals surface area contributed by atoms with Gasteiger partial charge in [0.25, 0.3) is 5.91 Å². The first-order chi connectivity index (χ1) is 14.6. The van der Waals surface area contributed by atoms with E-state index in [0.29, 0.717) is 23.0 Å². The van der Waals surface area contributed by atoms with Gasteiger partial charge in [0.05, 0.1) is 18.2 Å². The van der Waals surface area contributed by atoms with E-state index in [-0.39, 0.29) is 11.9 Å². The monoisotopic (exact) mass is 422 g/mol. The average Bonchev–Trinajstić information content (AvgIpc) is 2.78.